The average molecular weight is 216 g/mol. The van der Waals surface area contributed by atoms with Gasteiger partial charge in [0.1, 0.15) is 11.7 Å². The van der Waals surface area contributed by atoms with Gasteiger partial charge in [-0.15, -0.1) is 0 Å². The summed E-state index contributed by atoms with van der Waals surface area (Å²) in [7, 11) is -2.03. The van der Waals surface area contributed by atoms with Gasteiger partial charge < -0.3 is 9.84 Å². The van der Waals surface area contributed by atoms with E-state index in [1.807, 2.05) is 0 Å². The van der Waals surface area contributed by atoms with Crippen molar-refractivity contribution in [3.63, 3.8) is 0 Å². The van der Waals surface area contributed by atoms with E-state index < -0.39 is 15.8 Å². The third-order valence-electron chi connectivity index (χ3n) is 1.90. The Bertz CT molecular complexity index is 422. The molecule has 1 aromatic rings. The Kier molecular flexibility index (Phi) is 3.13. The second kappa shape index (κ2) is 3.98. The lowest BCUT2D eigenvalue weighted by molar-refractivity contribution is 0.358. The van der Waals surface area contributed by atoms with Crippen LogP contribution in [0.3, 0.4) is 0 Å². The number of hydrogen-bond acceptors (Lipinski definition) is 4. The van der Waals surface area contributed by atoms with E-state index in [9.17, 15) is 8.42 Å². The van der Waals surface area contributed by atoms with Crippen LogP contribution in [0.15, 0.2) is 23.1 Å². The Morgan fingerprint density at radius 2 is 2.07 bits per heavy atom. The Hall–Kier alpha value is -1.07. The van der Waals surface area contributed by atoms with Crippen molar-refractivity contribution in [1.29, 1.82) is 0 Å². The third-order valence-corrected chi connectivity index (χ3v) is 3.21. The molecule has 0 spiro atoms. The lowest BCUT2D eigenvalue weighted by Crippen LogP contribution is -2.06. The topological polar surface area (TPSA) is 63.6 Å². The van der Waals surface area contributed by atoms with E-state index in [0.29, 0.717) is 5.75 Å². The van der Waals surface area contributed by atoms with E-state index >= 15 is 0 Å². The molecule has 1 rings (SSSR count). The number of methoxy groups -OCH3 is 1. The molecule has 0 saturated carbocycles. The van der Waals surface area contributed by atoms with Crippen LogP contribution in [0, 0.1) is 6.92 Å². The monoisotopic (exact) mass is 216 g/mol. The molecule has 0 fully saturated rings. The lowest BCUT2D eigenvalue weighted by atomic mass is 10.2. The van der Waals surface area contributed by atoms with Gasteiger partial charge >= 0.3 is 0 Å². The van der Waals surface area contributed by atoms with Crippen molar-refractivity contribution in [1.82, 2.24) is 0 Å². The number of rotatable bonds is 3. The summed E-state index contributed by atoms with van der Waals surface area (Å²) in [4.78, 5) is 0.110. The van der Waals surface area contributed by atoms with Gasteiger partial charge in [-0.1, -0.05) is 0 Å². The molecule has 0 amide bonds. The molecular weight excluding hydrogens is 204 g/mol. The van der Waals surface area contributed by atoms with Crippen LogP contribution in [-0.4, -0.2) is 26.6 Å². The van der Waals surface area contributed by atoms with E-state index in [4.69, 9.17) is 9.84 Å². The van der Waals surface area contributed by atoms with Gasteiger partial charge in [-0.05, 0) is 30.7 Å². The third kappa shape index (κ3) is 2.05. The first-order chi connectivity index (χ1) is 6.51. The van der Waals surface area contributed by atoms with Crippen LogP contribution in [0.25, 0.3) is 0 Å². The summed E-state index contributed by atoms with van der Waals surface area (Å²) < 4.78 is 27.5. The van der Waals surface area contributed by atoms with E-state index in [0.717, 1.165) is 5.56 Å². The molecule has 0 aliphatic heterocycles. The van der Waals surface area contributed by atoms with E-state index in [-0.39, 0.29) is 4.90 Å². The summed E-state index contributed by atoms with van der Waals surface area (Å²) in [5.41, 5.74) is 0.724. The van der Waals surface area contributed by atoms with Crippen molar-refractivity contribution in [2.75, 3.05) is 13.0 Å². The van der Waals surface area contributed by atoms with Crippen LogP contribution in [0.5, 0.6) is 5.75 Å². The molecule has 1 N–H and O–H groups in total. The van der Waals surface area contributed by atoms with Gasteiger partial charge in [-0.2, -0.15) is 0 Å². The number of aliphatic hydroxyl groups excluding tert-OH is 1. The molecule has 0 saturated heterocycles. The Balaban J connectivity index is 3.22. The molecule has 78 valence electrons. The molecule has 0 radical (unpaired) electrons. The molecular formula is C9H12O4S. The first-order valence-electron chi connectivity index (χ1n) is 3.99. The number of sulfone groups is 1. The first kappa shape index (κ1) is 11.0. The van der Waals surface area contributed by atoms with Crippen molar-refractivity contribution < 1.29 is 18.3 Å². The highest BCUT2D eigenvalue weighted by atomic mass is 32.2. The minimum absolute atomic E-state index is 0.110. The quantitative estimate of drug-likeness (QED) is 0.809. The SMILES string of the molecule is COc1ccc(S(=O)(=O)CO)cc1C. The molecule has 0 aliphatic rings. The molecule has 0 unspecified atom stereocenters. The summed E-state index contributed by atoms with van der Waals surface area (Å²) in [5, 5.41) is 8.65. The smallest absolute Gasteiger partial charge is 0.202 e. The molecule has 0 bridgehead atoms. The van der Waals surface area contributed by atoms with Crippen molar-refractivity contribution in [2.45, 2.75) is 11.8 Å². The van der Waals surface area contributed by atoms with Crippen molar-refractivity contribution in [3.05, 3.63) is 23.8 Å². The van der Waals surface area contributed by atoms with Crippen molar-refractivity contribution in [2.24, 2.45) is 0 Å². The van der Waals surface area contributed by atoms with Crippen molar-refractivity contribution >= 4 is 9.84 Å². The van der Waals surface area contributed by atoms with Crippen LogP contribution < -0.4 is 4.74 Å². The summed E-state index contributed by atoms with van der Waals surface area (Å²) in [6.45, 7) is 1.75. The van der Waals surface area contributed by atoms with E-state index in [1.54, 1.807) is 13.0 Å². The Morgan fingerprint density at radius 1 is 1.43 bits per heavy atom. The number of aryl methyl sites for hydroxylation is 1. The predicted octanol–water partition coefficient (Wildman–Crippen LogP) is 0.727. The fraction of sp³-hybridized carbons (Fsp3) is 0.333. The maximum absolute atomic E-state index is 11.3. The van der Waals surface area contributed by atoms with E-state index in [1.165, 1.54) is 19.2 Å². The van der Waals surface area contributed by atoms with Gasteiger partial charge in [0.15, 0.2) is 0 Å². The maximum Gasteiger partial charge on any atom is 0.202 e. The lowest BCUT2D eigenvalue weighted by Gasteiger charge is -2.06. The number of hydrogen-bond donors (Lipinski definition) is 1. The van der Waals surface area contributed by atoms with Gasteiger partial charge in [-0.3, -0.25) is 0 Å². The second-order valence-electron chi connectivity index (χ2n) is 2.88. The normalized spacial score (nSPS) is 11.4. The van der Waals surface area contributed by atoms with Crippen molar-refractivity contribution in [3.8, 4) is 5.75 Å². The minimum Gasteiger partial charge on any atom is -0.496 e. The van der Waals surface area contributed by atoms with Gasteiger partial charge in [-0.25, -0.2) is 8.42 Å². The zero-order valence-electron chi connectivity index (χ0n) is 8.02. The summed E-state index contributed by atoms with van der Waals surface area (Å²) in [6, 6.07) is 4.46. The first-order valence-corrected chi connectivity index (χ1v) is 5.65. The summed E-state index contributed by atoms with van der Waals surface area (Å²) >= 11 is 0. The van der Waals surface area contributed by atoms with Crippen LogP contribution >= 0.6 is 0 Å². The summed E-state index contributed by atoms with van der Waals surface area (Å²) in [6.07, 6.45) is 0. The fourth-order valence-electron chi connectivity index (χ4n) is 1.12. The number of ether oxygens (including phenoxy) is 1. The molecule has 0 heterocycles. The van der Waals surface area contributed by atoms with Crippen LogP contribution in [-0.2, 0) is 9.84 Å². The fourth-order valence-corrected chi connectivity index (χ4v) is 1.90. The summed E-state index contributed by atoms with van der Waals surface area (Å²) in [5.74, 6) is -0.249. The molecule has 1 aromatic carbocycles. The standard InChI is InChI=1S/C9H12O4S/c1-7-5-8(14(11,12)6-10)3-4-9(7)13-2/h3-5,10H,6H2,1-2H3. The maximum atomic E-state index is 11.3. The average Bonchev–Trinajstić information content (AvgIpc) is 2.17. The number of aliphatic hydroxyl groups is 1. The minimum atomic E-state index is -3.55. The van der Waals surface area contributed by atoms with Gasteiger partial charge in [0.25, 0.3) is 0 Å². The Labute approximate surface area is 83.1 Å². The molecule has 0 aromatic heterocycles. The number of benzene rings is 1. The van der Waals surface area contributed by atoms with Crippen LogP contribution in [0.2, 0.25) is 0 Å². The highest BCUT2D eigenvalue weighted by Crippen LogP contribution is 2.21. The molecule has 4 nitrogen and oxygen atoms in total. The molecule has 0 atom stereocenters. The Morgan fingerprint density at radius 3 is 2.50 bits per heavy atom. The van der Waals surface area contributed by atoms with Crippen LogP contribution in [0.1, 0.15) is 5.56 Å². The predicted molar refractivity (Wildman–Crippen MR) is 52.0 cm³/mol. The largest absolute Gasteiger partial charge is 0.496 e. The molecule has 14 heavy (non-hydrogen) atoms. The highest BCUT2D eigenvalue weighted by Gasteiger charge is 2.13. The van der Waals surface area contributed by atoms with Gasteiger partial charge in [0.05, 0.1) is 12.0 Å². The highest BCUT2D eigenvalue weighted by molar-refractivity contribution is 7.91. The van der Waals surface area contributed by atoms with E-state index in [2.05, 4.69) is 0 Å². The van der Waals surface area contributed by atoms with Gasteiger partial charge in [0.2, 0.25) is 9.84 Å². The zero-order valence-corrected chi connectivity index (χ0v) is 8.84. The molecule has 0 aliphatic carbocycles. The van der Waals surface area contributed by atoms with Crippen LogP contribution in [0.4, 0.5) is 0 Å². The molecule has 5 heteroatoms. The zero-order chi connectivity index (χ0) is 10.8. The second-order valence-corrected chi connectivity index (χ2v) is 4.83. The van der Waals surface area contributed by atoms with Gasteiger partial charge in [0, 0.05) is 0 Å².